The van der Waals surface area contributed by atoms with Gasteiger partial charge in [-0.05, 0) is 92.4 Å². The molecule has 0 aliphatic heterocycles. The molecule has 4 aliphatic rings. The third-order valence-electron chi connectivity index (χ3n) is 10.9. The first-order valence-corrected chi connectivity index (χ1v) is 14.2. The number of Topliss-reactive ketones (excluding diaryl/α,β-unsaturated/α-hetero) is 1. The Labute approximate surface area is 218 Å². The van der Waals surface area contributed by atoms with E-state index in [2.05, 4.69) is 39.8 Å². The highest BCUT2D eigenvalue weighted by atomic mass is 16.7. The van der Waals surface area contributed by atoms with Crippen molar-refractivity contribution >= 4 is 11.6 Å². The van der Waals surface area contributed by atoms with Gasteiger partial charge in [-0.3, -0.25) is 9.59 Å². The summed E-state index contributed by atoms with van der Waals surface area (Å²) in [5.74, 6) is 2.54. The molecule has 0 spiro atoms. The molecule has 5 heteroatoms. The van der Waals surface area contributed by atoms with Crippen molar-refractivity contribution in [2.45, 2.75) is 85.7 Å². The third-order valence-corrected chi connectivity index (χ3v) is 10.9. The van der Waals surface area contributed by atoms with E-state index in [4.69, 9.17) is 9.47 Å². The van der Waals surface area contributed by atoms with Crippen LogP contribution in [0.4, 0.5) is 0 Å². The summed E-state index contributed by atoms with van der Waals surface area (Å²) >= 11 is 0. The second-order valence-electron chi connectivity index (χ2n) is 12.8. The summed E-state index contributed by atoms with van der Waals surface area (Å²) in [5, 5.41) is 11.9. The smallest absolute Gasteiger partial charge is 0.155 e. The average Bonchev–Trinajstić information content (AvgIpc) is 3.24. The number of carbonyl (C=O) groups excluding carboxylic acids is 2. The van der Waals surface area contributed by atoms with Gasteiger partial charge in [0.05, 0.1) is 18.1 Å². The second-order valence-corrected chi connectivity index (χ2v) is 12.8. The van der Waals surface area contributed by atoms with Crippen LogP contribution in [-0.4, -0.2) is 43.3 Å². The SMILES string of the molecule is COCOC[C@H](/C=C/[C@@H](C)[C@H]1CCC2C3CCC4=CC(=O)CC[C@]4(C)C3C[C@H](O)[C@@]21C(C)=O)C(C)C. The minimum atomic E-state index is -0.660. The van der Waals surface area contributed by atoms with Gasteiger partial charge in [0.25, 0.3) is 0 Å². The number of allylic oxidation sites excluding steroid dienone is 2. The average molecular weight is 501 g/mol. The van der Waals surface area contributed by atoms with E-state index in [-0.39, 0.29) is 40.7 Å². The fourth-order valence-electron chi connectivity index (χ4n) is 8.92. The zero-order chi connectivity index (χ0) is 26.3. The lowest BCUT2D eigenvalue weighted by molar-refractivity contribution is -0.168. The van der Waals surface area contributed by atoms with Gasteiger partial charge in [0.1, 0.15) is 12.6 Å². The van der Waals surface area contributed by atoms with Crippen LogP contribution in [0.3, 0.4) is 0 Å². The third kappa shape index (κ3) is 4.58. The van der Waals surface area contributed by atoms with Crippen LogP contribution in [0.15, 0.2) is 23.8 Å². The molecule has 3 unspecified atom stereocenters. The number of hydrogen-bond donors (Lipinski definition) is 1. The van der Waals surface area contributed by atoms with Crippen LogP contribution in [0.5, 0.6) is 0 Å². The van der Waals surface area contributed by atoms with Crippen LogP contribution in [0.2, 0.25) is 0 Å². The van der Waals surface area contributed by atoms with Crippen molar-refractivity contribution < 1.29 is 24.2 Å². The number of methoxy groups -OCH3 is 1. The number of aliphatic hydroxyl groups excluding tert-OH is 1. The molecule has 202 valence electrons. The summed E-state index contributed by atoms with van der Waals surface area (Å²) in [6.45, 7) is 11.6. The molecule has 5 nitrogen and oxygen atoms in total. The van der Waals surface area contributed by atoms with E-state index >= 15 is 0 Å². The van der Waals surface area contributed by atoms with Crippen molar-refractivity contribution in [1.29, 1.82) is 0 Å². The maximum absolute atomic E-state index is 13.6. The molecule has 3 saturated carbocycles. The molecule has 0 bridgehead atoms. The number of aliphatic hydroxyl groups is 1. The first-order chi connectivity index (χ1) is 17.1. The Bertz CT molecular complexity index is 889. The van der Waals surface area contributed by atoms with Crippen molar-refractivity contribution in [1.82, 2.24) is 0 Å². The van der Waals surface area contributed by atoms with Gasteiger partial charge < -0.3 is 14.6 Å². The first-order valence-electron chi connectivity index (χ1n) is 14.2. The van der Waals surface area contributed by atoms with Crippen LogP contribution < -0.4 is 0 Å². The quantitative estimate of drug-likeness (QED) is 0.248. The maximum Gasteiger partial charge on any atom is 0.155 e. The van der Waals surface area contributed by atoms with E-state index in [0.29, 0.717) is 44.0 Å². The Balaban J connectivity index is 1.59. The van der Waals surface area contributed by atoms with Gasteiger partial charge in [0.15, 0.2) is 5.78 Å². The molecule has 3 fully saturated rings. The molecule has 0 amide bonds. The Hall–Kier alpha value is -1.30. The van der Waals surface area contributed by atoms with Gasteiger partial charge in [-0.25, -0.2) is 0 Å². The molecule has 36 heavy (non-hydrogen) atoms. The van der Waals surface area contributed by atoms with E-state index in [1.54, 1.807) is 14.0 Å². The fraction of sp³-hybridized carbons (Fsp3) is 0.806. The van der Waals surface area contributed by atoms with Gasteiger partial charge >= 0.3 is 0 Å². The lowest BCUT2D eigenvalue weighted by Gasteiger charge is -2.60. The Morgan fingerprint density at radius 1 is 1.17 bits per heavy atom. The van der Waals surface area contributed by atoms with E-state index in [9.17, 15) is 14.7 Å². The van der Waals surface area contributed by atoms with Crippen molar-refractivity contribution in [2.75, 3.05) is 20.5 Å². The summed E-state index contributed by atoms with van der Waals surface area (Å²) in [7, 11) is 1.64. The lowest BCUT2D eigenvalue weighted by atomic mass is 9.44. The largest absolute Gasteiger partial charge is 0.392 e. The molecule has 0 aromatic rings. The number of ketones is 2. The Kier molecular flexibility index (Phi) is 8.34. The minimum absolute atomic E-state index is 0.0168. The van der Waals surface area contributed by atoms with Crippen molar-refractivity contribution in [3.8, 4) is 0 Å². The van der Waals surface area contributed by atoms with Crippen molar-refractivity contribution in [3.05, 3.63) is 23.8 Å². The van der Waals surface area contributed by atoms with Crippen LogP contribution >= 0.6 is 0 Å². The second kappa shape index (κ2) is 10.8. The van der Waals surface area contributed by atoms with Gasteiger partial charge in [0, 0.05) is 19.4 Å². The topological polar surface area (TPSA) is 72.8 Å². The zero-order valence-electron chi connectivity index (χ0n) is 23.3. The predicted molar refractivity (Wildman–Crippen MR) is 141 cm³/mol. The van der Waals surface area contributed by atoms with Crippen LogP contribution in [0, 0.1) is 52.3 Å². The van der Waals surface area contributed by atoms with Gasteiger partial charge in [-0.15, -0.1) is 0 Å². The molecule has 4 aliphatic carbocycles. The summed E-state index contributed by atoms with van der Waals surface area (Å²) in [5.41, 5.74) is 0.619. The van der Waals surface area contributed by atoms with Gasteiger partial charge in [-0.2, -0.15) is 0 Å². The van der Waals surface area contributed by atoms with E-state index < -0.39 is 11.5 Å². The normalized spacial score (nSPS) is 39.9. The molecule has 9 atom stereocenters. The molecular formula is C31H48O5. The van der Waals surface area contributed by atoms with Gasteiger partial charge in [-0.1, -0.05) is 45.4 Å². The summed E-state index contributed by atoms with van der Waals surface area (Å²) in [6.07, 6.45) is 12.0. The highest BCUT2D eigenvalue weighted by Gasteiger charge is 2.66. The lowest BCUT2D eigenvalue weighted by Crippen LogP contribution is -2.60. The zero-order valence-corrected chi connectivity index (χ0v) is 23.3. The van der Waals surface area contributed by atoms with Crippen LogP contribution in [0.25, 0.3) is 0 Å². The van der Waals surface area contributed by atoms with Crippen molar-refractivity contribution in [3.63, 3.8) is 0 Å². The molecular weight excluding hydrogens is 452 g/mol. The number of ether oxygens (including phenoxy) is 2. The Morgan fingerprint density at radius 3 is 2.58 bits per heavy atom. The minimum Gasteiger partial charge on any atom is -0.392 e. The first kappa shape index (κ1) is 27.7. The molecule has 0 saturated heterocycles. The molecule has 0 heterocycles. The molecule has 4 rings (SSSR count). The van der Waals surface area contributed by atoms with Crippen molar-refractivity contribution in [2.24, 2.45) is 52.3 Å². The van der Waals surface area contributed by atoms with Crippen LogP contribution in [-0.2, 0) is 19.1 Å². The molecule has 1 N–H and O–H groups in total. The molecule has 0 aromatic heterocycles. The number of hydrogen-bond acceptors (Lipinski definition) is 5. The Morgan fingerprint density at radius 2 is 1.92 bits per heavy atom. The van der Waals surface area contributed by atoms with Crippen LogP contribution in [0.1, 0.15) is 79.6 Å². The number of rotatable bonds is 9. The molecule has 0 aromatic carbocycles. The summed E-state index contributed by atoms with van der Waals surface area (Å²) in [6, 6.07) is 0. The molecule has 0 radical (unpaired) electrons. The standard InChI is InChI=1S/C31H48O5/c1-19(2)22(17-36-18-35-6)8-7-20(3)26-11-12-27-25-10-9-23-15-24(33)13-14-30(23,5)28(25)16-29(34)31(26,27)21(4)32/h7-8,15,19-20,22,25-29,34H,9-14,16-18H2,1-6H3/b8-7+/t20-,22+,25?,26-,27?,28?,29+,30+,31-/m1/s1. The monoisotopic (exact) mass is 500 g/mol. The fourth-order valence-corrected chi connectivity index (χ4v) is 8.92. The van der Waals surface area contributed by atoms with E-state index in [1.807, 2.05) is 6.08 Å². The summed E-state index contributed by atoms with van der Waals surface area (Å²) in [4.78, 5) is 25.7. The number of carbonyl (C=O) groups is 2. The van der Waals surface area contributed by atoms with E-state index in [0.717, 1.165) is 32.1 Å². The predicted octanol–water partition coefficient (Wildman–Crippen LogP) is 5.76. The maximum atomic E-state index is 13.6. The van der Waals surface area contributed by atoms with Gasteiger partial charge in [0.2, 0.25) is 0 Å². The highest BCUT2D eigenvalue weighted by molar-refractivity contribution is 5.91. The summed E-state index contributed by atoms with van der Waals surface area (Å²) < 4.78 is 10.7. The highest BCUT2D eigenvalue weighted by Crippen LogP contribution is 2.68. The van der Waals surface area contributed by atoms with E-state index in [1.165, 1.54) is 5.57 Å². The number of fused-ring (bicyclic) bond motifs is 5.